The maximum Gasteiger partial charge on any atom is 0.267 e. The van der Waals surface area contributed by atoms with Crippen LogP contribution in [-0.4, -0.2) is 34.8 Å². The summed E-state index contributed by atoms with van der Waals surface area (Å²) in [5, 5.41) is 18.8. The second kappa shape index (κ2) is 6.34. The van der Waals surface area contributed by atoms with E-state index in [9.17, 15) is 9.90 Å². The highest BCUT2D eigenvalue weighted by Gasteiger charge is 2.13. The first kappa shape index (κ1) is 15.0. The highest BCUT2D eigenvalue weighted by molar-refractivity contribution is 5.91. The number of pyridine rings is 1. The number of nitrogens with two attached hydrogens (primary N) is 1. The van der Waals surface area contributed by atoms with Gasteiger partial charge < -0.3 is 20.7 Å². The number of methoxy groups -OCH3 is 1. The topological polar surface area (TPSA) is 106 Å². The molecule has 1 aromatic carbocycles. The Hall–Kier alpha value is -2.44. The Labute approximate surface area is 121 Å². The van der Waals surface area contributed by atoms with E-state index >= 15 is 0 Å². The number of rotatable bonds is 5. The van der Waals surface area contributed by atoms with Crippen LogP contribution in [0.2, 0.25) is 0 Å². The van der Waals surface area contributed by atoms with Crippen molar-refractivity contribution in [3.63, 3.8) is 0 Å². The van der Waals surface area contributed by atoms with Gasteiger partial charge in [0.2, 0.25) is 0 Å². The van der Waals surface area contributed by atoms with E-state index in [2.05, 4.69) is 4.98 Å². The smallest absolute Gasteiger partial charge is 0.267 e. The van der Waals surface area contributed by atoms with Crippen molar-refractivity contribution in [2.45, 2.75) is 6.10 Å². The number of amides is 1. The lowest BCUT2D eigenvalue weighted by Crippen LogP contribution is -2.15. The summed E-state index contributed by atoms with van der Waals surface area (Å²) in [6.07, 6.45) is -1.09. The standard InChI is InChI=1S/C15H16N2O4/c1-21-11-4-2-9(3-5-11)12-6-10(14(19)8-18)7-13(17-12)15(16)20/h2-7,14,18-19H,8H2,1H3,(H2,16,20). The van der Waals surface area contributed by atoms with E-state index in [0.717, 1.165) is 5.56 Å². The van der Waals surface area contributed by atoms with E-state index in [-0.39, 0.29) is 5.69 Å². The van der Waals surface area contributed by atoms with Gasteiger partial charge in [-0.2, -0.15) is 0 Å². The molecule has 1 heterocycles. The largest absolute Gasteiger partial charge is 0.497 e. The number of carbonyl (C=O) groups is 1. The van der Waals surface area contributed by atoms with Crippen LogP contribution in [0.4, 0.5) is 0 Å². The molecule has 6 heteroatoms. The third-order valence-electron chi connectivity index (χ3n) is 3.04. The van der Waals surface area contributed by atoms with Crippen LogP contribution in [0.3, 0.4) is 0 Å². The van der Waals surface area contributed by atoms with E-state index in [1.54, 1.807) is 37.4 Å². The second-order valence-electron chi connectivity index (χ2n) is 4.46. The van der Waals surface area contributed by atoms with Crippen LogP contribution in [0.15, 0.2) is 36.4 Å². The molecule has 0 aliphatic carbocycles. The van der Waals surface area contributed by atoms with E-state index in [1.807, 2.05) is 0 Å². The first-order valence-electron chi connectivity index (χ1n) is 6.30. The van der Waals surface area contributed by atoms with Crippen LogP contribution in [0.25, 0.3) is 11.3 Å². The first-order chi connectivity index (χ1) is 10.0. The normalized spacial score (nSPS) is 12.0. The van der Waals surface area contributed by atoms with Gasteiger partial charge >= 0.3 is 0 Å². The minimum Gasteiger partial charge on any atom is -0.497 e. The molecular weight excluding hydrogens is 272 g/mol. The van der Waals surface area contributed by atoms with Crippen molar-refractivity contribution in [3.05, 3.63) is 47.7 Å². The summed E-state index contributed by atoms with van der Waals surface area (Å²) < 4.78 is 5.08. The molecule has 2 aromatic rings. The fourth-order valence-corrected chi connectivity index (χ4v) is 1.89. The zero-order valence-corrected chi connectivity index (χ0v) is 11.5. The average molecular weight is 288 g/mol. The number of ether oxygens (including phenoxy) is 1. The molecule has 1 atom stereocenters. The number of nitrogens with zero attached hydrogens (tertiary/aromatic N) is 1. The van der Waals surface area contributed by atoms with E-state index < -0.39 is 18.6 Å². The van der Waals surface area contributed by atoms with Crippen molar-refractivity contribution in [3.8, 4) is 17.0 Å². The van der Waals surface area contributed by atoms with E-state index in [0.29, 0.717) is 17.0 Å². The van der Waals surface area contributed by atoms with E-state index in [1.165, 1.54) is 6.07 Å². The predicted molar refractivity (Wildman–Crippen MR) is 76.8 cm³/mol. The molecular formula is C15H16N2O4. The molecule has 0 radical (unpaired) electrons. The van der Waals surface area contributed by atoms with Gasteiger partial charge in [-0.05, 0) is 42.0 Å². The van der Waals surface area contributed by atoms with Gasteiger partial charge in [0.15, 0.2) is 0 Å². The summed E-state index contributed by atoms with van der Waals surface area (Å²) >= 11 is 0. The molecule has 4 N–H and O–H groups in total. The lowest BCUT2D eigenvalue weighted by Gasteiger charge is -2.11. The van der Waals surface area contributed by atoms with Crippen LogP contribution in [0.1, 0.15) is 22.2 Å². The molecule has 0 saturated carbocycles. The number of carbonyl (C=O) groups excluding carboxylic acids is 1. The lowest BCUT2D eigenvalue weighted by atomic mass is 10.0. The molecule has 0 bridgehead atoms. The van der Waals surface area contributed by atoms with Gasteiger partial charge in [0.1, 0.15) is 17.5 Å². The van der Waals surface area contributed by atoms with Crippen molar-refractivity contribution >= 4 is 5.91 Å². The third-order valence-corrected chi connectivity index (χ3v) is 3.04. The number of hydrogen-bond acceptors (Lipinski definition) is 5. The van der Waals surface area contributed by atoms with Crippen LogP contribution in [0.5, 0.6) is 5.75 Å². The number of aliphatic hydroxyl groups is 2. The van der Waals surface area contributed by atoms with Crippen LogP contribution < -0.4 is 10.5 Å². The van der Waals surface area contributed by atoms with Crippen molar-refractivity contribution < 1.29 is 19.7 Å². The maximum absolute atomic E-state index is 11.3. The van der Waals surface area contributed by atoms with Crippen molar-refractivity contribution in [1.82, 2.24) is 4.98 Å². The van der Waals surface area contributed by atoms with Gasteiger partial charge in [-0.1, -0.05) is 0 Å². The molecule has 0 spiro atoms. The van der Waals surface area contributed by atoms with Crippen LogP contribution in [-0.2, 0) is 0 Å². The van der Waals surface area contributed by atoms with Crippen molar-refractivity contribution in [2.75, 3.05) is 13.7 Å². The Morgan fingerprint density at radius 1 is 1.33 bits per heavy atom. The quantitative estimate of drug-likeness (QED) is 0.757. The molecule has 0 aliphatic rings. The number of benzene rings is 1. The minimum absolute atomic E-state index is 0.0332. The summed E-state index contributed by atoms with van der Waals surface area (Å²) in [6.45, 7) is -0.454. The number of aromatic nitrogens is 1. The van der Waals surface area contributed by atoms with Crippen LogP contribution >= 0.6 is 0 Å². The van der Waals surface area contributed by atoms with Gasteiger partial charge in [-0.25, -0.2) is 4.98 Å². The highest BCUT2D eigenvalue weighted by atomic mass is 16.5. The Bertz CT molecular complexity index is 641. The molecule has 1 amide bonds. The zero-order valence-electron chi connectivity index (χ0n) is 11.5. The Kier molecular flexibility index (Phi) is 4.52. The summed E-state index contributed by atoms with van der Waals surface area (Å²) in [6, 6.07) is 10.1. The molecule has 1 unspecified atom stereocenters. The van der Waals surface area contributed by atoms with E-state index in [4.69, 9.17) is 15.6 Å². The summed E-state index contributed by atoms with van der Waals surface area (Å²) in [4.78, 5) is 15.5. The summed E-state index contributed by atoms with van der Waals surface area (Å²) in [5.74, 6) is -0.00262. The third kappa shape index (κ3) is 3.36. The van der Waals surface area contributed by atoms with Gasteiger partial charge in [0.25, 0.3) is 5.91 Å². The zero-order chi connectivity index (χ0) is 15.4. The molecule has 2 rings (SSSR count). The van der Waals surface area contributed by atoms with Gasteiger partial charge in [-0.3, -0.25) is 4.79 Å². The molecule has 1 aromatic heterocycles. The molecule has 110 valence electrons. The molecule has 21 heavy (non-hydrogen) atoms. The Morgan fingerprint density at radius 3 is 2.52 bits per heavy atom. The lowest BCUT2D eigenvalue weighted by molar-refractivity contribution is 0.0948. The SMILES string of the molecule is COc1ccc(-c2cc(C(O)CO)cc(C(N)=O)n2)cc1. The average Bonchev–Trinajstić information content (AvgIpc) is 2.53. The predicted octanol–water partition coefficient (Wildman–Crippen LogP) is 0.882. The fourth-order valence-electron chi connectivity index (χ4n) is 1.89. The maximum atomic E-state index is 11.3. The van der Waals surface area contributed by atoms with Crippen LogP contribution in [0, 0.1) is 0 Å². The number of aliphatic hydroxyl groups excluding tert-OH is 2. The second-order valence-corrected chi connectivity index (χ2v) is 4.46. The van der Waals surface area contributed by atoms with Gasteiger partial charge in [0.05, 0.1) is 19.4 Å². The molecule has 0 saturated heterocycles. The highest BCUT2D eigenvalue weighted by Crippen LogP contribution is 2.24. The van der Waals surface area contributed by atoms with Crippen molar-refractivity contribution in [2.24, 2.45) is 5.73 Å². The monoisotopic (exact) mass is 288 g/mol. The Balaban J connectivity index is 2.50. The molecule has 0 fully saturated rings. The molecule has 0 aliphatic heterocycles. The minimum atomic E-state index is -1.09. The van der Waals surface area contributed by atoms with Gasteiger partial charge in [0, 0.05) is 5.56 Å². The van der Waals surface area contributed by atoms with Crippen molar-refractivity contribution in [1.29, 1.82) is 0 Å². The first-order valence-corrected chi connectivity index (χ1v) is 6.30. The number of hydrogen-bond donors (Lipinski definition) is 3. The fraction of sp³-hybridized carbons (Fsp3) is 0.200. The van der Waals surface area contributed by atoms with Gasteiger partial charge in [-0.15, -0.1) is 0 Å². The summed E-state index contributed by atoms with van der Waals surface area (Å²) in [7, 11) is 1.57. The molecule has 6 nitrogen and oxygen atoms in total. The number of primary amides is 1. The summed E-state index contributed by atoms with van der Waals surface area (Å²) in [5.41, 5.74) is 6.89. The Morgan fingerprint density at radius 2 is 2.00 bits per heavy atom.